The summed E-state index contributed by atoms with van der Waals surface area (Å²) in [6.07, 6.45) is 7.12. The Hall–Kier alpha value is -1.42. The molecule has 1 atom stereocenters. The van der Waals surface area contributed by atoms with E-state index in [0.717, 1.165) is 24.2 Å². The first-order valence-corrected chi connectivity index (χ1v) is 6.74. The fourth-order valence-electron chi connectivity index (χ4n) is 3.62. The molecule has 1 unspecified atom stereocenters. The van der Waals surface area contributed by atoms with Crippen molar-refractivity contribution in [2.24, 2.45) is 11.1 Å². The Kier molecular flexibility index (Phi) is 2.21. The number of rotatable bonds is 1. The van der Waals surface area contributed by atoms with E-state index in [1.54, 1.807) is 0 Å². The van der Waals surface area contributed by atoms with Crippen LogP contribution < -0.4 is 0 Å². The highest BCUT2D eigenvalue weighted by atomic mass is 16.7. The summed E-state index contributed by atoms with van der Waals surface area (Å²) < 4.78 is 0. The molecule has 4 aliphatic heterocycles. The Morgan fingerprint density at radius 2 is 2.00 bits per heavy atom. The maximum absolute atomic E-state index is 5.91. The van der Waals surface area contributed by atoms with E-state index < -0.39 is 0 Å². The predicted molar refractivity (Wildman–Crippen MR) is 68.4 cm³/mol. The van der Waals surface area contributed by atoms with Gasteiger partial charge in [0.2, 0.25) is 0 Å². The van der Waals surface area contributed by atoms with Crippen molar-refractivity contribution >= 4 is 5.71 Å². The van der Waals surface area contributed by atoms with Gasteiger partial charge in [0.25, 0.3) is 0 Å². The molecule has 4 nitrogen and oxygen atoms in total. The summed E-state index contributed by atoms with van der Waals surface area (Å²) >= 11 is 0. The Morgan fingerprint density at radius 3 is 2.67 bits per heavy atom. The second kappa shape index (κ2) is 3.79. The van der Waals surface area contributed by atoms with Gasteiger partial charge >= 0.3 is 0 Å². The highest BCUT2D eigenvalue weighted by Crippen LogP contribution is 2.43. The fourth-order valence-corrected chi connectivity index (χ4v) is 3.62. The number of aromatic nitrogens is 1. The van der Waals surface area contributed by atoms with Crippen LogP contribution in [0.4, 0.5) is 0 Å². The van der Waals surface area contributed by atoms with Gasteiger partial charge in [0.1, 0.15) is 0 Å². The van der Waals surface area contributed by atoms with E-state index in [1.807, 2.05) is 24.5 Å². The van der Waals surface area contributed by atoms with Crippen LogP contribution in [0.5, 0.6) is 0 Å². The Bertz CT molecular complexity index is 479. The fraction of sp³-hybridized carbons (Fsp3) is 0.571. The minimum Gasteiger partial charge on any atom is -0.387 e. The molecule has 18 heavy (non-hydrogen) atoms. The molecule has 3 fully saturated rings. The molecule has 5 heterocycles. The zero-order valence-electron chi connectivity index (χ0n) is 10.4. The normalized spacial score (nSPS) is 37.7. The number of pyridine rings is 1. The summed E-state index contributed by atoms with van der Waals surface area (Å²) in [7, 11) is 0. The molecule has 0 N–H and O–H groups in total. The number of fused-ring (bicyclic) bond motifs is 2. The van der Waals surface area contributed by atoms with E-state index in [-0.39, 0.29) is 5.60 Å². The lowest BCUT2D eigenvalue weighted by Crippen LogP contribution is -2.59. The zero-order valence-corrected chi connectivity index (χ0v) is 10.4. The highest BCUT2D eigenvalue weighted by Gasteiger charge is 2.52. The summed E-state index contributed by atoms with van der Waals surface area (Å²) in [6, 6.07) is 4.03. The Morgan fingerprint density at radius 1 is 1.22 bits per heavy atom. The number of nitrogens with zero attached hydrogens (tertiary/aromatic N) is 3. The minimum absolute atomic E-state index is 0.0326. The molecule has 94 valence electrons. The van der Waals surface area contributed by atoms with Gasteiger partial charge in [-0.2, -0.15) is 0 Å². The molecule has 1 aromatic rings. The molecular formula is C14H17N3O. The SMILES string of the molecule is c1cc(C2=NOC3(C2)CN2CCC3CC2)ccn1. The van der Waals surface area contributed by atoms with E-state index in [4.69, 9.17) is 4.84 Å². The lowest BCUT2D eigenvalue weighted by Gasteiger charge is -2.49. The predicted octanol–water partition coefficient (Wildman–Crippen LogP) is 1.67. The third kappa shape index (κ3) is 1.48. The van der Waals surface area contributed by atoms with Crippen LogP contribution in [-0.2, 0) is 4.84 Å². The highest BCUT2D eigenvalue weighted by molar-refractivity contribution is 6.01. The van der Waals surface area contributed by atoms with Crippen LogP contribution in [0.2, 0.25) is 0 Å². The number of hydrogen-bond donors (Lipinski definition) is 0. The topological polar surface area (TPSA) is 37.7 Å². The Labute approximate surface area is 107 Å². The molecule has 3 saturated heterocycles. The largest absolute Gasteiger partial charge is 0.387 e. The van der Waals surface area contributed by atoms with Crippen LogP contribution in [0.1, 0.15) is 24.8 Å². The van der Waals surface area contributed by atoms with Crippen molar-refractivity contribution in [3.05, 3.63) is 30.1 Å². The molecule has 5 rings (SSSR count). The smallest absolute Gasteiger partial charge is 0.158 e. The van der Waals surface area contributed by atoms with Crippen molar-refractivity contribution in [1.29, 1.82) is 0 Å². The molecule has 1 aromatic heterocycles. The van der Waals surface area contributed by atoms with Gasteiger partial charge in [-0.25, -0.2) is 0 Å². The van der Waals surface area contributed by atoms with Crippen LogP contribution in [0.15, 0.2) is 29.7 Å². The van der Waals surface area contributed by atoms with E-state index in [2.05, 4.69) is 15.0 Å². The Balaban J connectivity index is 1.59. The van der Waals surface area contributed by atoms with Crippen molar-refractivity contribution in [3.63, 3.8) is 0 Å². The van der Waals surface area contributed by atoms with Crippen molar-refractivity contribution in [3.8, 4) is 0 Å². The third-order valence-corrected chi connectivity index (χ3v) is 4.64. The summed E-state index contributed by atoms with van der Waals surface area (Å²) in [6.45, 7) is 3.52. The van der Waals surface area contributed by atoms with E-state index in [0.29, 0.717) is 5.92 Å². The maximum Gasteiger partial charge on any atom is 0.158 e. The third-order valence-electron chi connectivity index (χ3n) is 4.64. The molecule has 4 aliphatic rings. The van der Waals surface area contributed by atoms with Crippen LogP contribution in [-0.4, -0.2) is 40.8 Å². The average Bonchev–Trinajstić information content (AvgIpc) is 2.85. The maximum atomic E-state index is 5.91. The van der Waals surface area contributed by atoms with Crippen LogP contribution in [0, 0.1) is 5.92 Å². The molecule has 0 aromatic carbocycles. The van der Waals surface area contributed by atoms with Gasteiger partial charge in [-0.1, -0.05) is 5.16 Å². The van der Waals surface area contributed by atoms with Crippen molar-refractivity contribution in [1.82, 2.24) is 9.88 Å². The standard InChI is InChI=1S/C14H17N3O/c1-5-15-6-2-11(1)13-9-14(18-16-13)10-17-7-3-12(14)4-8-17/h1-2,5-6,12H,3-4,7-10H2. The summed E-state index contributed by atoms with van der Waals surface area (Å²) in [5, 5.41) is 4.36. The first-order valence-electron chi connectivity index (χ1n) is 6.74. The van der Waals surface area contributed by atoms with Crippen LogP contribution in [0.25, 0.3) is 0 Å². The number of piperidine rings is 3. The summed E-state index contributed by atoms with van der Waals surface area (Å²) in [4.78, 5) is 12.5. The monoisotopic (exact) mass is 243 g/mol. The molecule has 4 heteroatoms. The molecule has 0 saturated carbocycles. The molecule has 2 bridgehead atoms. The van der Waals surface area contributed by atoms with Gasteiger partial charge in [0, 0.05) is 36.8 Å². The lowest BCUT2D eigenvalue weighted by molar-refractivity contribution is -0.136. The molecule has 0 aliphatic carbocycles. The van der Waals surface area contributed by atoms with Gasteiger partial charge in [-0.05, 0) is 38.1 Å². The molecule has 0 amide bonds. The molecular weight excluding hydrogens is 226 g/mol. The van der Waals surface area contributed by atoms with Gasteiger partial charge in [-0.15, -0.1) is 0 Å². The quantitative estimate of drug-likeness (QED) is 0.753. The van der Waals surface area contributed by atoms with Crippen LogP contribution >= 0.6 is 0 Å². The van der Waals surface area contributed by atoms with Gasteiger partial charge in [0.15, 0.2) is 5.60 Å². The van der Waals surface area contributed by atoms with Crippen LogP contribution in [0.3, 0.4) is 0 Å². The van der Waals surface area contributed by atoms with Gasteiger partial charge < -0.3 is 4.84 Å². The summed E-state index contributed by atoms with van der Waals surface area (Å²) in [5.74, 6) is 0.686. The second-order valence-corrected chi connectivity index (χ2v) is 5.66. The first kappa shape index (κ1) is 10.5. The molecule has 0 radical (unpaired) electrons. The van der Waals surface area contributed by atoms with Gasteiger partial charge in [0.05, 0.1) is 5.71 Å². The second-order valence-electron chi connectivity index (χ2n) is 5.66. The summed E-state index contributed by atoms with van der Waals surface area (Å²) in [5.41, 5.74) is 2.21. The van der Waals surface area contributed by atoms with Gasteiger partial charge in [-0.3, -0.25) is 9.88 Å². The zero-order chi connectivity index (χ0) is 12.0. The van der Waals surface area contributed by atoms with Crippen molar-refractivity contribution in [2.45, 2.75) is 24.9 Å². The average molecular weight is 243 g/mol. The molecule has 1 spiro atoms. The lowest BCUT2D eigenvalue weighted by atomic mass is 9.73. The van der Waals surface area contributed by atoms with E-state index in [1.165, 1.54) is 25.9 Å². The number of hydrogen-bond acceptors (Lipinski definition) is 4. The van der Waals surface area contributed by atoms with E-state index in [9.17, 15) is 0 Å². The van der Waals surface area contributed by atoms with E-state index >= 15 is 0 Å². The van der Waals surface area contributed by atoms with Crippen molar-refractivity contribution < 1.29 is 4.84 Å². The minimum atomic E-state index is -0.0326. The van der Waals surface area contributed by atoms with Crippen molar-refractivity contribution in [2.75, 3.05) is 19.6 Å². The number of oxime groups is 1. The first-order chi connectivity index (χ1) is 8.86.